The second-order valence-electron chi connectivity index (χ2n) is 12.2. The highest BCUT2D eigenvalue weighted by Gasteiger charge is 2.44. The summed E-state index contributed by atoms with van der Waals surface area (Å²) in [5.74, 6) is -0.268. The van der Waals surface area contributed by atoms with Gasteiger partial charge in [-0.25, -0.2) is 4.98 Å². The number of benzene rings is 1. The summed E-state index contributed by atoms with van der Waals surface area (Å²) >= 11 is 1.59. The van der Waals surface area contributed by atoms with Gasteiger partial charge >= 0.3 is 0 Å². The van der Waals surface area contributed by atoms with Crippen LogP contribution in [0, 0.1) is 18.3 Å². The minimum Gasteiger partial charge on any atom is -0.391 e. The number of nitrogens with one attached hydrogen (secondary N) is 3. The number of hydrogen-bond donors (Lipinski definition) is 4. The van der Waals surface area contributed by atoms with Gasteiger partial charge in [-0.3, -0.25) is 14.4 Å². The molecule has 0 saturated carbocycles. The number of aliphatic hydroxyl groups excluding tert-OH is 1. The molecule has 40 heavy (non-hydrogen) atoms. The fourth-order valence-electron chi connectivity index (χ4n) is 5.52. The molecule has 10 heteroatoms. The normalized spacial score (nSPS) is 20.8. The molecule has 4 N–H and O–H groups in total. The highest BCUT2D eigenvalue weighted by molar-refractivity contribution is 7.13. The van der Waals surface area contributed by atoms with Gasteiger partial charge in [0.25, 0.3) is 0 Å². The Balaban J connectivity index is 1.36. The molecule has 0 unspecified atom stereocenters. The number of carbonyl (C=O) groups excluding carboxylic acids is 3. The summed E-state index contributed by atoms with van der Waals surface area (Å²) in [6, 6.07) is 6.37. The molecule has 2 fully saturated rings. The van der Waals surface area contributed by atoms with Crippen molar-refractivity contribution < 1.29 is 19.5 Å². The van der Waals surface area contributed by atoms with Gasteiger partial charge in [0.1, 0.15) is 12.1 Å². The number of thiazole rings is 1. The zero-order valence-corrected chi connectivity index (χ0v) is 24.9. The lowest BCUT2D eigenvalue weighted by Crippen LogP contribution is -2.57. The van der Waals surface area contributed by atoms with Gasteiger partial charge < -0.3 is 26.0 Å². The number of aryl methyl sites for hydroxylation is 1. The van der Waals surface area contributed by atoms with Gasteiger partial charge in [0.15, 0.2) is 0 Å². The number of amides is 3. The van der Waals surface area contributed by atoms with Crippen molar-refractivity contribution in [2.45, 2.75) is 84.5 Å². The van der Waals surface area contributed by atoms with Crippen molar-refractivity contribution in [3.8, 4) is 10.4 Å². The van der Waals surface area contributed by atoms with Crippen LogP contribution in [0.25, 0.3) is 10.4 Å². The number of carbonyl (C=O) groups is 3. The first-order chi connectivity index (χ1) is 19.0. The summed E-state index contributed by atoms with van der Waals surface area (Å²) in [4.78, 5) is 46.7. The van der Waals surface area contributed by atoms with Gasteiger partial charge in [-0.2, -0.15) is 0 Å². The molecule has 4 rings (SSSR count). The number of aliphatic hydroxyl groups is 1. The Hall–Kier alpha value is -2.82. The van der Waals surface area contributed by atoms with E-state index in [0.29, 0.717) is 18.9 Å². The molecule has 2 saturated heterocycles. The third-order valence-corrected chi connectivity index (χ3v) is 8.93. The molecule has 0 spiro atoms. The van der Waals surface area contributed by atoms with E-state index in [9.17, 15) is 19.5 Å². The van der Waals surface area contributed by atoms with E-state index in [4.69, 9.17) is 0 Å². The molecule has 0 aliphatic carbocycles. The zero-order chi connectivity index (χ0) is 28.9. The van der Waals surface area contributed by atoms with E-state index in [2.05, 4.69) is 20.9 Å². The monoisotopic (exact) mass is 569 g/mol. The summed E-state index contributed by atoms with van der Waals surface area (Å²) in [5.41, 5.74) is 4.27. The standard InChI is InChI=1S/C30H43N5O4S/c1-19-26(40-18-33-19)22-8-5-21(6-9-22)16-32-28(38)24-15-23(36)17-35(24)29(39)27(30(2,3)4)34-25(37)10-7-20-11-13-31-14-12-20/h5-6,8-9,18,20,23-24,27,31,36H,7,10-17H2,1-4H3,(H,32,38)(H,34,37)/t23-,24+,27-/m1/s1. The lowest BCUT2D eigenvalue weighted by molar-refractivity contribution is -0.144. The highest BCUT2D eigenvalue weighted by Crippen LogP contribution is 2.28. The summed E-state index contributed by atoms with van der Waals surface area (Å²) in [6.45, 7) is 10.0. The second-order valence-corrected chi connectivity index (χ2v) is 13.0. The van der Waals surface area contributed by atoms with E-state index < -0.39 is 23.6 Å². The average Bonchev–Trinajstić information content (AvgIpc) is 3.54. The molecule has 3 atom stereocenters. The van der Waals surface area contributed by atoms with Crippen molar-refractivity contribution in [2.24, 2.45) is 11.3 Å². The van der Waals surface area contributed by atoms with Crippen molar-refractivity contribution >= 4 is 29.1 Å². The number of aromatic nitrogens is 1. The van der Waals surface area contributed by atoms with Crippen molar-refractivity contribution in [1.29, 1.82) is 0 Å². The summed E-state index contributed by atoms with van der Waals surface area (Å²) in [6.07, 6.45) is 2.68. The van der Waals surface area contributed by atoms with Crippen molar-refractivity contribution in [1.82, 2.24) is 25.8 Å². The lowest BCUT2D eigenvalue weighted by Gasteiger charge is -2.35. The van der Waals surface area contributed by atoms with E-state index in [0.717, 1.165) is 54.0 Å². The smallest absolute Gasteiger partial charge is 0.246 e. The maximum absolute atomic E-state index is 13.8. The molecule has 218 valence electrons. The van der Waals surface area contributed by atoms with Gasteiger partial charge in [-0.15, -0.1) is 11.3 Å². The number of piperidine rings is 1. The van der Waals surface area contributed by atoms with Gasteiger partial charge in [-0.05, 0) is 61.7 Å². The van der Waals surface area contributed by atoms with E-state index in [1.807, 2.05) is 57.5 Å². The van der Waals surface area contributed by atoms with Crippen LogP contribution < -0.4 is 16.0 Å². The number of likely N-dealkylation sites (tertiary alicyclic amines) is 1. The number of hydrogen-bond acceptors (Lipinski definition) is 7. The van der Waals surface area contributed by atoms with Crippen LogP contribution in [0.4, 0.5) is 0 Å². The van der Waals surface area contributed by atoms with Crippen LogP contribution in [-0.2, 0) is 20.9 Å². The molecule has 9 nitrogen and oxygen atoms in total. The SMILES string of the molecule is Cc1ncsc1-c1ccc(CNC(=O)[C@@H]2C[C@@H](O)CN2C(=O)[C@@H](NC(=O)CCC2CCNCC2)C(C)(C)C)cc1. The van der Waals surface area contributed by atoms with E-state index >= 15 is 0 Å². The Morgan fingerprint density at radius 2 is 1.88 bits per heavy atom. The molecule has 3 amide bonds. The summed E-state index contributed by atoms with van der Waals surface area (Å²) in [7, 11) is 0. The largest absolute Gasteiger partial charge is 0.391 e. The molecule has 3 heterocycles. The molecular formula is C30H43N5O4S. The van der Waals surface area contributed by atoms with Crippen LogP contribution in [0.5, 0.6) is 0 Å². The number of rotatable bonds is 9. The maximum Gasteiger partial charge on any atom is 0.246 e. The average molecular weight is 570 g/mol. The maximum atomic E-state index is 13.8. The van der Waals surface area contributed by atoms with Crippen molar-refractivity contribution in [3.05, 3.63) is 41.0 Å². The molecule has 1 aromatic carbocycles. The Morgan fingerprint density at radius 3 is 2.50 bits per heavy atom. The fourth-order valence-corrected chi connectivity index (χ4v) is 6.33. The van der Waals surface area contributed by atoms with Crippen LogP contribution in [0.3, 0.4) is 0 Å². The highest BCUT2D eigenvalue weighted by atomic mass is 32.1. The van der Waals surface area contributed by atoms with Gasteiger partial charge in [0.2, 0.25) is 17.7 Å². The van der Waals surface area contributed by atoms with Crippen molar-refractivity contribution in [3.63, 3.8) is 0 Å². The topological polar surface area (TPSA) is 124 Å². The predicted octanol–water partition coefficient (Wildman–Crippen LogP) is 3.01. The summed E-state index contributed by atoms with van der Waals surface area (Å²) in [5, 5.41) is 19.7. The molecule has 2 aromatic rings. The number of nitrogens with zero attached hydrogens (tertiary/aromatic N) is 2. The Bertz CT molecular complexity index is 1170. The first kappa shape index (κ1) is 30.1. The second kappa shape index (κ2) is 13.2. The lowest BCUT2D eigenvalue weighted by atomic mass is 9.85. The third-order valence-electron chi connectivity index (χ3n) is 7.95. The first-order valence-electron chi connectivity index (χ1n) is 14.3. The van der Waals surface area contributed by atoms with E-state index in [1.54, 1.807) is 11.3 Å². The molecule has 0 radical (unpaired) electrons. The molecular weight excluding hydrogens is 526 g/mol. The Labute approximate surface area is 241 Å². The first-order valence-corrected chi connectivity index (χ1v) is 15.2. The molecule has 2 aliphatic rings. The van der Waals surface area contributed by atoms with Crippen molar-refractivity contribution in [2.75, 3.05) is 19.6 Å². The van der Waals surface area contributed by atoms with Gasteiger partial charge in [0.05, 0.1) is 22.2 Å². The quantitative estimate of drug-likeness (QED) is 0.368. The molecule has 2 aliphatic heterocycles. The van der Waals surface area contributed by atoms with Crippen LogP contribution >= 0.6 is 11.3 Å². The van der Waals surface area contributed by atoms with E-state index in [-0.39, 0.29) is 30.7 Å². The number of β-amino-alcohol motifs (C(OH)–C–C–N with tert-alkyl or cyclic N) is 1. The third kappa shape index (κ3) is 7.67. The Kier molecular flexibility index (Phi) is 9.97. The predicted molar refractivity (Wildman–Crippen MR) is 156 cm³/mol. The van der Waals surface area contributed by atoms with Gasteiger partial charge in [-0.1, -0.05) is 45.0 Å². The summed E-state index contributed by atoms with van der Waals surface area (Å²) < 4.78 is 0. The Morgan fingerprint density at radius 1 is 1.18 bits per heavy atom. The van der Waals surface area contributed by atoms with Crippen LogP contribution in [0.2, 0.25) is 0 Å². The minimum atomic E-state index is -0.795. The zero-order valence-electron chi connectivity index (χ0n) is 24.0. The molecule has 1 aromatic heterocycles. The van der Waals surface area contributed by atoms with Crippen LogP contribution in [0.1, 0.15) is 64.1 Å². The van der Waals surface area contributed by atoms with Crippen LogP contribution in [-0.4, -0.2) is 70.5 Å². The van der Waals surface area contributed by atoms with E-state index in [1.165, 1.54) is 4.90 Å². The van der Waals surface area contributed by atoms with Gasteiger partial charge in [0, 0.05) is 25.9 Å². The van der Waals surface area contributed by atoms with Crippen LogP contribution in [0.15, 0.2) is 29.8 Å². The fraction of sp³-hybridized carbons (Fsp3) is 0.600. The molecule has 0 bridgehead atoms. The minimum absolute atomic E-state index is 0.0668.